The fourth-order valence-electron chi connectivity index (χ4n) is 3.98. The molecule has 1 aliphatic heterocycles. The SMILES string of the molecule is Cc1nc(N2CCC[C@H](C(=O)NCc3cccc(Cl)c3)C2)nc2cc(S(C)(=O)=O)ccc12. The number of nitrogens with zero attached hydrogens (tertiary/aromatic N) is 3. The van der Waals surface area contributed by atoms with E-state index in [1.165, 1.54) is 6.26 Å². The highest BCUT2D eigenvalue weighted by atomic mass is 35.5. The number of aryl methyl sites for hydroxylation is 1. The van der Waals surface area contributed by atoms with Crippen LogP contribution in [0.25, 0.3) is 10.9 Å². The van der Waals surface area contributed by atoms with E-state index in [2.05, 4.69) is 15.3 Å². The normalized spacial score (nSPS) is 16.8. The van der Waals surface area contributed by atoms with Gasteiger partial charge in [0.1, 0.15) is 0 Å². The Balaban J connectivity index is 1.51. The third-order valence-electron chi connectivity index (χ3n) is 5.71. The summed E-state index contributed by atoms with van der Waals surface area (Å²) < 4.78 is 23.9. The molecule has 32 heavy (non-hydrogen) atoms. The number of halogens is 1. The van der Waals surface area contributed by atoms with Crippen molar-refractivity contribution in [3.05, 3.63) is 58.7 Å². The van der Waals surface area contributed by atoms with Gasteiger partial charge >= 0.3 is 0 Å². The highest BCUT2D eigenvalue weighted by molar-refractivity contribution is 7.90. The van der Waals surface area contributed by atoms with Gasteiger partial charge in [0.25, 0.3) is 0 Å². The number of carbonyl (C=O) groups is 1. The van der Waals surface area contributed by atoms with Gasteiger partial charge in [-0.2, -0.15) is 0 Å². The second-order valence-corrected chi connectivity index (χ2v) is 10.6. The summed E-state index contributed by atoms with van der Waals surface area (Å²) in [6, 6.07) is 12.3. The van der Waals surface area contributed by atoms with Crippen LogP contribution in [0.3, 0.4) is 0 Å². The van der Waals surface area contributed by atoms with Crippen molar-refractivity contribution in [1.82, 2.24) is 15.3 Å². The zero-order valence-corrected chi connectivity index (χ0v) is 19.6. The van der Waals surface area contributed by atoms with E-state index in [-0.39, 0.29) is 16.7 Å². The Labute approximate surface area is 192 Å². The number of hydrogen-bond donors (Lipinski definition) is 1. The molecule has 0 bridgehead atoms. The van der Waals surface area contributed by atoms with E-state index in [0.717, 1.165) is 36.0 Å². The number of anilines is 1. The van der Waals surface area contributed by atoms with Gasteiger partial charge in [-0.1, -0.05) is 23.7 Å². The van der Waals surface area contributed by atoms with E-state index in [1.54, 1.807) is 24.3 Å². The van der Waals surface area contributed by atoms with Crippen molar-refractivity contribution < 1.29 is 13.2 Å². The Hall–Kier alpha value is -2.71. The van der Waals surface area contributed by atoms with Crippen LogP contribution in [0.2, 0.25) is 5.02 Å². The number of sulfone groups is 1. The standard InChI is InChI=1S/C23H25ClN4O3S/c1-15-20-9-8-19(32(2,30)31)12-21(20)27-23(26-15)28-10-4-6-17(14-28)22(29)25-13-16-5-3-7-18(24)11-16/h3,5,7-9,11-12,17H,4,6,10,13-14H2,1-2H3,(H,25,29)/t17-/m0/s1. The second kappa shape index (κ2) is 9.03. The van der Waals surface area contributed by atoms with E-state index in [0.29, 0.717) is 29.6 Å². The lowest BCUT2D eigenvalue weighted by Crippen LogP contribution is -2.43. The maximum atomic E-state index is 12.8. The minimum absolute atomic E-state index is 0.00782. The number of aromatic nitrogens is 2. The summed E-state index contributed by atoms with van der Waals surface area (Å²) >= 11 is 6.02. The van der Waals surface area contributed by atoms with Crippen molar-refractivity contribution in [1.29, 1.82) is 0 Å². The van der Waals surface area contributed by atoms with Gasteiger partial charge in [0.2, 0.25) is 11.9 Å². The average Bonchev–Trinajstić information content (AvgIpc) is 2.76. The molecule has 1 aromatic heterocycles. The first-order valence-electron chi connectivity index (χ1n) is 10.5. The van der Waals surface area contributed by atoms with Crippen molar-refractivity contribution in [3.63, 3.8) is 0 Å². The van der Waals surface area contributed by atoms with Gasteiger partial charge in [0.05, 0.1) is 22.0 Å². The lowest BCUT2D eigenvalue weighted by Gasteiger charge is -2.32. The lowest BCUT2D eigenvalue weighted by atomic mass is 9.97. The van der Waals surface area contributed by atoms with E-state index in [9.17, 15) is 13.2 Å². The molecule has 1 fully saturated rings. The smallest absolute Gasteiger partial charge is 0.226 e. The van der Waals surface area contributed by atoms with Crippen LogP contribution in [-0.2, 0) is 21.2 Å². The number of benzene rings is 2. The minimum Gasteiger partial charge on any atom is -0.352 e. The molecule has 3 aromatic rings. The predicted molar refractivity (Wildman–Crippen MR) is 126 cm³/mol. The third-order valence-corrected chi connectivity index (χ3v) is 7.05. The topological polar surface area (TPSA) is 92.3 Å². The summed E-state index contributed by atoms with van der Waals surface area (Å²) in [5, 5.41) is 4.46. The molecule has 0 unspecified atom stereocenters. The number of fused-ring (bicyclic) bond motifs is 1. The summed E-state index contributed by atoms with van der Waals surface area (Å²) in [5.41, 5.74) is 2.31. The van der Waals surface area contributed by atoms with Gasteiger partial charge < -0.3 is 10.2 Å². The molecule has 1 aliphatic rings. The molecular weight excluding hydrogens is 448 g/mol. The lowest BCUT2D eigenvalue weighted by molar-refractivity contribution is -0.125. The van der Waals surface area contributed by atoms with Crippen LogP contribution in [0.5, 0.6) is 0 Å². The molecule has 2 aromatic carbocycles. The molecule has 4 rings (SSSR count). The summed E-state index contributed by atoms with van der Waals surface area (Å²) in [6.07, 6.45) is 2.82. The molecule has 168 valence electrons. The van der Waals surface area contributed by atoms with Crippen LogP contribution >= 0.6 is 11.6 Å². The Morgan fingerprint density at radius 1 is 1.22 bits per heavy atom. The summed E-state index contributed by atoms with van der Waals surface area (Å²) in [4.78, 5) is 24.3. The maximum Gasteiger partial charge on any atom is 0.226 e. The Morgan fingerprint density at radius 3 is 2.78 bits per heavy atom. The van der Waals surface area contributed by atoms with Crippen LogP contribution in [0.4, 0.5) is 5.95 Å². The fourth-order valence-corrected chi connectivity index (χ4v) is 4.83. The van der Waals surface area contributed by atoms with Gasteiger partial charge in [-0.15, -0.1) is 0 Å². The van der Waals surface area contributed by atoms with E-state index in [1.807, 2.05) is 30.0 Å². The number of piperidine rings is 1. The quantitative estimate of drug-likeness (QED) is 0.610. The van der Waals surface area contributed by atoms with Crippen LogP contribution in [-0.4, -0.2) is 43.6 Å². The van der Waals surface area contributed by atoms with E-state index >= 15 is 0 Å². The zero-order valence-electron chi connectivity index (χ0n) is 18.0. The monoisotopic (exact) mass is 472 g/mol. The van der Waals surface area contributed by atoms with Crippen LogP contribution in [0.15, 0.2) is 47.4 Å². The third kappa shape index (κ3) is 5.02. The largest absolute Gasteiger partial charge is 0.352 e. The Morgan fingerprint density at radius 2 is 2.03 bits per heavy atom. The average molecular weight is 473 g/mol. The molecule has 0 saturated carbocycles. The Kier molecular flexibility index (Phi) is 6.35. The maximum absolute atomic E-state index is 12.8. The molecule has 0 radical (unpaired) electrons. The number of amides is 1. The number of hydrogen-bond acceptors (Lipinski definition) is 6. The zero-order chi connectivity index (χ0) is 22.9. The Bertz CT molecular complexity index is 1280. The van der Waals surface area contributed by atoms with E-state index in [4.69, 9.17) is 11.6 Å². The highest BCUT2D eigenvalue weighted by Crippen LogP contribution is 2.26. The summed E-state index contributed by atoms with van der Waals surface area (Å²) in [5.74, 6) is 0.337. The molecule has 0 spiro atoms. The second-order valence-electron chi connectivity index (χ2n) is 8.19. The molecule has 7 nitrogen and oxygen atoms in total. The van der Waals surface area contributed by atoms with Crippen molar-refractivity contribution in [2.75, 3.05) is 24.2 Å². The number of rotatable bonds is 5. The predicted octanol–water partition coefficient (Wildman–Crippen LogP) is 3.53. The number of nitrogens with one attached hydrogen (secondary N) is 1. The van der Waals surface area contributed by atoms with Gasteiger partial charge in [0, 0.05) is 36.3 Å². The molecule has 2 heterocycles. The highest BCUT2D eigenvalue weighted by Gasteiger charge is 2.27. The van der Waals surface area contributed by atoms with Gasteiger partial charge in [-0.3, -0.25) is 4.79 Å². The molecule has 1 saturated heterocycles. The van der Waals surface area contributed by atoms with Crippen LogP contribution < -0.4 is 10.2 Å². The van der Waals surface area contributed by atoms with Crippen molar-refractivity contribution in [3.8, 4) is 0 Å². The fraction of sp³-hybridized carbons (Fsp3) is 0.348. The van der Waals surface area contributed by atoms with Crippen LogP contribution in [0.1, 0.15) is 24.1 Å². The van der Waals surface area contributed by atoms with Crippen molar-refractivity contribution in [2.24, 2.45) is 5.92 Å². The molecule has 1 atom stereocenters. The van der Waals surface area contributed by atoms with E-state index < -0.39 is 9.84 Å². The first-order valence-corrected chi connectivity index (χ1v) is 12.7. The van der Waals surface area contributed by atoms with Gasteiger partial charge in [-0.05, 0) is 55.7 Å². The minimum atomic E-state index is -3.33. The van der Waals surface area contributed by atoms with Crippen molar-refractivity contribution in [2.45, 2.75) is 31.2 Å². The van der Waals surface area contributed by atoms with Gasteiger partial charge in [0.15, 0.2) is 9.84 Å². The van der Waals surface area contributed by atoms with Crippen LogP contribution in [0, 0.1) is 12.8 Å². The molecular formula is C23H25ClN4O3S. The molecule has 9 heteroatoms. The summed E-state index contributed by atoms with van der Waals surface area (Å²) in [6.45, 7) is 3.56. The first-order chi connectivity index (χ1) is 15.2. The van der Waals surface area contributed by atoms with Gasteiger partial charge in [-0.25, -0.2) is 18.4 Å². The molecule has 0 aliphatic carbocycles. The summed E-state index contributed by atoms with van der Waals surface area (Å²) in [7, 11) is -3.33. The van der Waals surface area contributed by atoms with Crippen molar-refractivity contribution >= 4 is 44.2 Å². The first kappa shape index (κ1) is 22.5. The number of carbonyl (C=O) groups excluding carboxylic acids is 1. The molecule has 1 amide bonds. The molecule has 1 N–H and O–H groups in total.